The molecule has 2 saturated carbocycles. The number of aliphatic hydroxyl groups is 1. The molecule has 1 N–H and O–H groups in total. The Morgan fingerprint density at radius 1 is 1.11 bits per heavy atom. The Labute approximate surface area is 165 Å². The average Bonchev–Trinajstić information content (AvgIpc) is 2.67. The smallest absolute Gasteiger partial charge is 0.0846 e. The van der Waals surface area contributed by atoms with E-state index in [1.807, 2.05) is 6.07 Å². The molecule has 4 rings (SSSR count). The van der Waals surface area contributed by atoms with Crippen LogP contribution in [0, 0.1) is 28.1 Å². The van der Waals surface area contributed by atoms with E-state index in [1.165, 1.54) is 32.1 Å². The lowest BCUT2D eigenvalue weighted by Gasteiger charge is -2.60. The van der Waals surface area contributed by atoms with Crippen molar-refractivity contribution in [1.29, 1.82) is 0 Å². The van der Waals surface area contributed by atoms with Gasteiger partial charge in [-0.2, -0.15) is 0 Å². The van der Waals surface area contributed by atoms with Gasteiger partial charge in [-0.05, 0) is 66.8 Å². The van der Waals surface area contributed by atoms with Crippen LogP contribution >= 0.6 is 0 Å². The van der Waals surface area contributed by atoms with Crippen molar-refractivity contribution in [2.24, 2.45) is 28.1 Å². The summed E-state index contributed by atoms with van der Waals surface area (Å²) in [4.78, 5) is 0. The van der Waals surface area contributed by atoms with Crippen LogP contribution in [0.25, 0.3) is 0 Å². The first-order valence-electron chi connectivity index (χ1n) is 10.9. The monoisotopic (exact) mass is 364 g/mol. The SMILES string of the molecule is C=C[C@@]1(C)CC=C2C(CCC3[C@](C)(C(O)c4ccccc4)CCC[C@@]23C)C1. The predicted octanol–water partition coefficient (Wildman–Crippen LogP) is 6.86. The van der Waals surface area contributed by atoms with Gasteiger partial charge in [-0.3, -0.25) is 0 Å². The highest BCUT2D eigenvalue weighted by molar-refractivity contribution is 5.30. The molecule has 3 aliphatic rings. The molecule has 0 heterocycles. The van der Waals surface area contributed by atoms with Crippen molar-refractivity contribution in [3.8, 4) is 0 Å². The molecule has 27 heavy (non-hydrogen) atoms. The molecule has 3 aliphatic carbocycles. The molecule has 2 fully saturated rings. The lowest BCUT2D eigenvalue weighted by molar-refractivity contribution is -0.101. The summed E-state index contributed by atoms with van der Waals surface area (Å²) in [6.45, 7) is 11.4. The minimum Gasteiger partial charge on any atom is -0.388 e. The quantitative estimate of drug-likeness (QED) is 0.581. The van der Waals surface area contributed by atoms with Crippen LogP contribution in [0.1, 0.15) is 77.4 Å². The molecule has 0 amide bonds. The molecular formula is C26H36O. The maximum Gasteiger partial charge on any atom is 0.0846 e. The molecule has 146 valence electrons. The van der Waals surface area contributed by atoms with E-state index in [1.54, 1.807) is 5.57 Å². The predicted molar refractivity (Wildman–Crippen MR) is 113 cm³/mol. The summed E-state index contributed by atoms with van der Waals surface area (Å²) in [5, 5.41) is 11.4. The van der Waals surface area contributed by atoms with Gasteiger partial charge < -0.3 is 5.11 Å². The summed E-state index contributed by atoms with van der Waals surface area (Å²) in [5.41, 5.74) is 3.26. The van der Waals surface area contributed by atoms with Crippen molar-refractivity contribution < 1.29 is 5.11 Å². The van der Waals surface area contributed by atoms with Crippen LogP contribution in [-0.2, 0) is 0 Å². The summed E-state index contributed by atoms with van der Waals surface area (Å²) >= 11 is 0. The number of hydrogen-bond donors (Lipinski definition) is 1. The number of benzene rings is 1. The van der Waals surface area contributed by atoms with Crippen molar-refractivity contribution in [2.45, 2.75) is 71.8 Å². The standard InChI is InChI=1S/C26H36O/c1-5-24(2)17-14-21-20(18-24)12-13-22-25(21,3)15-9-16-26(22,4)23(27)19-10-7-6-8-11-19/h5-8,10-11,14,20,22-23,27H,1,9,12-13,15-18H2,2-4H3/t20?,22?,23?,24-,25-,26+/m0/s1. The van der Waals surface area contributed by atoms with E-state index in [2.05, 4.69) is 63.8 Å². The van der Waals surface area contributed by atoms with Crippen LogP contribution in [0.4, 0.5) is 0 Å². The van der Waals surface area contributed by atoms with Gasteiger partial charge in [-0.1, -0.05) is 75.2 Å². The number of hydrogen-bond acceptors (Lipinski definition) is 1. The van der Waals surface area contributed by atoms with Gasteiger partial charge in [0, 0.05) is 5.41 Å². The van der Waals surface area contributed by atoms with Crippen LogP contribution in [-0.4, -0.2) is 5.11 Å². The van der Waals surface area contributed by atoms with Gasteiger partial charge in [0.1, 0.15) is 0 Å². The number of allylic oxidation sites excluding steroid dienone is 3. The summed E-state index contributed by atoms with van der Waals surface area (Å²) in [6.07, 6.45) is 12.9. The van der Waals surface area contributed by atoms with Crippen molar-refractivity contribution >= 4 is 0 Å². The number of fused-ring (bicyclic) bond motifs is 3. The first kappa shape index (κ1) is 19.0. The van der Waals surface area contributed by atoms with Crippen molar-refractivity contribution in [3.05, 3.63) is 60.2 Å². The lowest BCUT2D eigenvalue weighted by atomic mass is 9.45. The summed E-state index contributed by atoms with van der Waals surface area (Å²) in [5.74, 6) is 1.27. The minimum absolute atomic E-state index is 0.0423. The van der Waals surface area contributed by atoms with Gasteiger partial charge in [0.15, 0.2) is 0 Å². The number of rotatable bonds is 3. The van der Waals surface area contributed by atoms with Crippen LogP contribution < -0.4 is 0 Å². The zero-order valence-electron chi connectivity index (χ0n) is 17.4. The van der Waals surface area contributed by atoms with Crippen molar-refractivity contribution in [3.63, 3.8) is 0 Å². The van der Waals surface area contributed by atoms with Crippen molar-refractivity contribution in [2.75, 3.05) is 0 Å². The van der Waals surface area contributed by atoms with Crippen LogP contribution in [0.2, 0.25) is 0 Å². The number of aliphatic hydroxyl groups excluding tert-OH is 1. The molecule has 0 aliphatic heterocycles. The van der Waals surface area contributed by atoms with Gasteiger partial charge in [-0.15, -0.1) is 6.58 Å². The highest BCUT2D eigenvalue weighted by atomic mass is 16.3. The Kier molecular flexibility index (Phi) is 4.66. The van der Waals surface area contributed by atoms with Gasteiger partial charge in [0.25, 0.3) is 0 Å². The second-order valence-corrected chi connectivity index (χ2v) is 10.3. The molecule has 0 bridgehead atoms. The Bertz CT molecular complexity index is 734. The highest BCUT2D eigenvalue weighted by Gasteiger charge is 2.57. The fourth-order valence-electron chi connectivity index (χ4n) is 7.01. The first-order chi connectivity index (χ1) is 12.8. The van der Waals surface area contributed by atoms with Crippen LogP contribution in [0.15, 0.2) is 54.6 Å². The van der Waals surface area contributed by atoms with E-state index in [0.717, 1.165) is 18.4 Å². The fourth-order valence-corrected chi connectivity index (χ4v) is 7.01. The molecule has 0 saturated heterocycles. The van der Waals surface area contributed by atoms with E-state index < -0.39 is 0 Å². The maximum absolute atomic E-state index is 11.4. The molecule has 0 radical (unpaired) electrons. The lowest BCUT2D eigenvalue weighted by Crippen LogP contribution is -2.52. The molecule has 0 aromatic heterocycles. The summed E-state index contributed by atoms with van der Waals surface area (Å²) < 4.78 is 0. The van der Waals surface area contributed by atoms with E-state index in [-0.39, 0.29) is 22.3 Å². The Morgan fingerprint density at radius 2 is 1.85 bits per heavy atom. The molecule has 1 heteroatoms. The Morgan fingerprint density at radius 3 is 2.56 bits per heavy atom. The zero-order valence-corrected chi connectivity index (χ0v) is 17.4. The van der Waals surface area contributed by atoms with Gasteiger partial charge in [0.2, 0.25) is 0 Å². The molecule has 0 spiro atoms. The minimum atomic E-state index is -0.373. The van der Waals surface area contributed by atoms with Gasteiger partial charge in [0.05, 0.1) is 6.10 Å². The summed E-state index contributed by atoms with van der Waals surface area (Å²) in [6, 6.07) is 10.4. The third-order valence-corrected chi connectivity index (χ3v) is 8.61. The third-order valence-electron chi connectivity index (χ3n) is 8.61. The Balaban J connectivity index is 1.70. The maximum atomic E-state index is 11.4. The molecule has 3 unspecified atom stereocenters. The van der Waals surface area contributed by atoms with Gasteiger partial charge in [-0.25, -0.2) is 0 Å². The zero-order chi connectivity index (χ0) is 19.3. The largest absolute Gasteiger partial charge is 0.388 e. The molecule has 6 atom stereocenters. The topological polar surface area (TPSA) is 20.2 Å². The molecule has 1 aromatic rings. The second kappa shape index (κ2) is 6.62. The second-order valence-electron chi connectivity index (χ2n) is 10.3. The van der Waals surface area contributed by atoms with E-state index in [0.29, 0.717) is 11.8 Å². The highest BCUT2D eigenvalue weighted by Crippen LogP contribution is 2.66. The summed E-state index contributed by atoms with van der Waals surface area (Å²) in [7, 11) is 0. The Hall–Kier alpha value is -1.34. The molecular weight excluding hydrogens is 328 g/mol. The van der Waals surface area contributed by atoms with Crippen molar-refractivity contribution in [1.82, 2.24) is 0 Å². The van der Waals surface area contributed by atoms with Crippen LogP contribution in [0.3, 0.4) is 0 Å². The normalized spacial score (nSPS) is 42.4. The van der Waals surface area contributed by atoms with E-state index in [4.69, 9.17) is 0 Å². The van der Waals surface area contributed by atoms with Crippen LogP contribution in [0.5, 0.6) is 0 Å². The first-order valence-corrected chi connectivity index (χ1v) is 10.9. The fraction of sp³-hybridized carbons (Fsp3) is 0.615. The molecule has 1 nitrogen and oxygen atoms in total. The van der Waals surface area contributed by atoms with E-state index in [9.17, 15) is 5.11 Å². The van der Waals surface area contributed by atoms with E-state index >= 15 is 0 Å². The third kappa shape index (κ3) is 2.94. The average molecular weight is 365 g/mol. The molecule has 1 aromatic carbocycles. The van der Waals surface area contributed by atoms with Gasteiger partial charge >= 0.3 is 0 Å².